The van der Waals surface area contributed by atoms with Crippen LogP contribution >= 0.6 is 0 Å². The van der Waals surface area contributed by atoms with Crippen LogP contribution in [0.3, 0.4) is 0 Å². The second-order valence-electron chi connectivity index (χ2n) is 6.71. The quantitative estimate of drug-likeness (QED) is 0.877. The normalized spacial score (nSPS) is 21.2. The Kier molecular flexibility index (Phi) is 5.91. The zero-order valence-electron chi connectivity index (χ0n) is 14.8. The smallest absolute Gasteiger partial charge is 0.409 e. The number of amides is 2. The molecule has 2 N–H and O–H groups in total. The van der Waals surface area contributed by atoms with Gasteiger partial charge in [0.05, 0.1) is 6.61 Å². The Morgan fingerprint density at radius 1 is 1.24 bits per heavy atom. The Labute approximate surface area is 148 Å². The van der Waals surface area contributed by atoms with E-state index in [0.717, 1.165) is 43.5 Å². The number of carbonyl (C=O) groups excluding carboxylic acids is 2. The fraction of sp³-hybridized carbons (Fsp3) is 0.579. The first-order chi connectivity index (χ1) is 12.2. The van der Waals surface area contributed by atoms with Gasteiger partial charge in [-0.1, -0.05) is 18.2 Å². The van der Waals surface area contributed by atoms with Crippen LogP contribution in [0.2, 0.25) is 0 Å². The lowest BCUT2D eigenvalue weighted by Crippen LogP contribution is -2.46. The van der Waals surface area contributed by atoms with E-state index >= 15 is 0 Å². The van der Waals surface area contributed by atoms with Crippen LogP contribution in [0.1, 0.15) is 48.0 Å². The number of nitrogens with zero attached hydrogens (tertiary/aromatic N) is 1. The lowest BCUT2D eigenvalue weighted by molar-refractivity contribution is 0.0859. The van der Waals surface area contributed by atoms with Gasteiger partial charge in [0, 0.05) is 31.2 Å². The molecule has 6 nitrogen and oxygen atoms in total. The van der Waals surface area contributed by atoms with E-state index in [1.54, 1.807) is 4.90 Å². The fourth-order valence-corrected chi connectivity index (χ4v) is 3.66. The molecular formula is C19H27N3O3. The third kappa shape index (κ3) is 4.31. The molecule has 0 spiro atoms. The van der Waals surface area contributed by atoms with Crippen molar-refractivity contribution in [2.24, 2.45) is 0 Å². The Balaban J connectivity index is 1.58. The first kappa shape index (κ1) is 17.7. The molecule has 0 saturated carbocycles. The molecule has 0 bridgehead atoms. The van der Waals surface area contributed by atoms with Crippen LogP contribution in [0.5, 0.6) is 0 Å². The zero-order chi connectivity index (χ0) is 17.6. The van der Waals surface area contributed by atoms with E-state index in [4.69, 9.17) is 4.74 Å². The zero-order valence-corrected chi connectivity index (χ0v) is 14.8. The number of ether oxygens (including phenoxy) is 1. The number of likely N-dealkylation sites (tertiary alicyclic amines) is 1. The number of piperidine rings is 1. The van der Waals surface area contributed by atoms with Crippen molar-refractivity contribution in [3.05, 3.63) is 35.4 Å². The van der Waals surface area contributed by atoms with E-state index in [9.17, 15) is 9.59 Å². The van der Waals surface area contributed by atoms with Crippen molar-refractivity contribution in [3.8, 4) is 0 Å². The first-order valence-corrected chi connectivity index (χ1v) is 9.21. The van der Waals surface area contributed by atoms with E-state index in [2.05, 4.69) is 16.7 Å². The summed E-state index contributed by atoms with van der Waals surface area (Å²) in [5, 5.41) is 6.52. The van der Waals surface area contributed by atoms with Gasteiger partial charge in [0.15, 0.2) is 0 Å². The summed E-state index contributed by atoms with van der Waals surface area (Å²) in [6.07, 6.45) is 2.34. The van der Waals surface area contributed by atoms with Crippen molar-refractivity contribution in [3.63, 3.8) is 0 Å². The molecule has 2 amide bonds. The number of nitrogens with one attached hydrogen (secondary N) is 2. The van der Waals surface area contributed by atoms with Gasteiger partial charge in [-0.25, -0.2) is 4.79 Å². The Morgan fingerprint density at radius 2 is 2.00 bits per heavy atom. The Morgan fingerprint density at radius 3 is 2.68 bits per heavy atom. The third-order valence-corrected chi connectivity index (χ3v) is 5.06. The maximum atomic E-state index is 12.8. The first-order valence-electron chi connectivity index (χ1n) is 9.21. The summed E-state index contributed by atoms with van der Waals surface area (Å²) in [5.41, 5.74) is 1.91. The molecule has 1 atom stereocenters. The van der Waals surface area contributed by atoms with Crippen LogP contribution < -0.4 is 10.6 Å². The van der Waals surface area contributed by atoms with Crippen molar-refractivity contribution in [2.45, 2.75) is 38.1 Å². The molecule has 0 aromatic heterocycles. The van der Waals surface area contributed by atoms with Gasteiger partial charge < -0.3 is 20.3 Å². The van der Waals surface area contributed by atoms with Gasteiger partial charge in [0.25, 0.3) is 5.91 Å². The molecule has 25 heavy (non-hydrogen) atoms. The standard InChI is InChI=1S/C19H27N3O3/c1-2-25-19(24)22-11-8-15(9-12-22)21-18(23)17-6-4-3-5-16(17)14-7-10-20-13-14/h3-6,14-15,20H,2,7-13H2,1H3,(H,21,23)/t14-/m1/s1. The molecule has 2 aliphatic heterocycles. The van der Waals surface area contributed by atoms with E-state index < -0.39 is 0 Å². The largest absolute Gasteiger partial charge is 0.450 e. The maximum absolute atomic E-state index is 12.8. The molecule has 2 saturated heterocycles. The van der Waals surface area contributed by atoms with Gasteiger partial charge in [-0.05, 0) is 50.3 Å². The van der Waals surface area contributed by atoms with Gasteiger partial charge in [-0.3, -0.25) is 4.79 Å². The minimum atomic E-state index is -0.258. The van der Waals surface area contributed by atoms with Crippen molar-refractivity contribution in [2.75, 3.05) is 32.8 Å². The molecule has 0 aliphatic carbocycles. The highest BCUT2D eigenvalue weighted by atomic mass is 16.6. The van der Waals surface area contributed by atoms with E-state index in [1.165, 1.54) is 0 Å². The average molecular weight is 345 g/mol. The summed E-state index contributed by atoms with van der Waals surface area (Å²) in [6.45, 7) is 5.38. The molecule has 2 heterocycles. The second-order valence-corrected chi connectivity index (χ2v) is 6.71. The minimum absolute atomic E-state index is 0.00270. The van der Waals surface area contributed by atoms with Crippen LogP contribution in [0.15, 0.2) is 24.3 Å². The highest BCUT2D eigenvalue weighted by molar-refractivity contribution is 5.96. The van der Waals surface area contributed by atoms with Crippen LogP contribution in [-0.4, -0.2) is 55.7 Å². The summed E-state index contributed by atoms with van der Waals surface area (Å²) < 4.78 is 5.03. The monoisotopic (exact) mass is 345 g/mol. The summed E-state index contributed by atoms with van der Waals surface area (Å²) in [5.74, 6) is 0.407. The number of carbonyl (C=O) groups is 2. The van der Waals surface area contributed by atoms with Gasteiger partial charge in [0.2, 0.25) is 0 Å². The van der Waals surface area contributed by atoms with Gasteiger partial charge in [-0.15, -0.1) is 0 Å². The minimum Gasteiger partial charge on any atom is -0.450 e. The number of hydrogen-bond donors (Lipinski definition) is 2. The Bertz CT molecular complexity index is 606. The van der Waals surface area contributed by atoms with Crippen molar-refractivity contribution in [1.82, 2.24) is 15.5 Å². The van der Waals surface area contributed by atoms with Gasteiger partial charge in [-0.2, -0.15) is 0 Å². The topological polar surface area (TPSA) is 70.7 Å². The molecule has 2 aliphatic rings. The lowest BCUT2D eigenvalue weighted by Gasteiger charge is -2.31. The summed E-state index contributed by atoms with van der Waals surface area (Å²) >= 11 is 0. The summed E-state index contributed by atoms with van der Waals surface area (Å²) in [7, 11) is 0. The van der Waals surface area contributed by atoms with Crippen molar-refractivity contribution < 1.29 is 14.3 Å². The van der Waals surface area contributed by atoms with E-state index in [1.807, 2.05) is 25.1 Å². The van der Waals surface area contributed by atoms with Gasteiger partial charge in [0.1, 0.15) is 0 Å². The van der Waals surface area contributed by atoms with Crippen LogP contribution in [0, 0.1) is 0 Å². The van der Waals surface area contributed by atoms with E-state index in [0.29, 0.717) is 25.6 Å². The summed E-state index contributed by atoms with van der Waals surface area (Å²) in [4.78, 5) is 26.2. The predicted molar refractivity (Wildman–Crippen MR) is 95.8 cm³/mol. The predicted octanol–water partition coefficient (Wildman–Crippen LogP) is 2.11. The molecule has 136 valence electrons. The highest BCUT2D eigenvalue weighted by Gasteiger charge is 2.27. The maximum Gasteiger partial charge on any atom is 0.409 e. The summed E-state index contributed by atoms with van der Waals surface area (Å²) in [6, 6.07) is 8.01. The second kappa shape index (κ2) is 8.34. The Hall–Kier alpha value is -2.08. The molecule has 6 heteroatoms. The molecule has 0 radical (unpaired) electrons. The number of rotatable bonds is 4. The van der Waals surface area contributed by atoms with Crippen molar-refractivity contribution >= 4 is 12.0 Å². The molecule has 1 aromatic carbocycles. The molecule has 0 unspecified atom stereocenters. The van der Waals surface area contributed by atoms with Crippen LogP contribution in [-0.2, 0) is 4.74 Å². The van der Waals surface area contributed by atoms with Crippen LogP contribution in [0.4, 0.5) is 4.79 Å². The third-order valence-electron chi connectivity index (χ3n) is 5.06. The van der Waals surface area contributed by atoms with Gasteiger partial charge >= 0.3 is 6.09 Å². The number of hydrogen-bond acceptors (Lipinski definition) is 4. The number of benzene rings is 1. The SMILES string of the molecule is CCOC(=O)N1CCC(NC(=O)c2ccccc2[C@@H]2CCNC2)CC1. The van der Waals surface area contributed by atoms with Crippen LogP contribution in [0.25, 0.3) is 0 Å². The molecule has 2 fully saturated rings. The molecule has 3 rings (SSSR count). The lowest BCUT2D eigenvalue weighted by atomic mass is 9.92. The van der Waals surface area contributed by atoms with E-state index in [-0.39, 0.29) is 18.0 Å². The highest BCUT2D eigenvalue weighted by Crippen LogP contribution is 2.26. The average Bonchev–Trinajstić information content (AvgIpc) is 3.17. The van der Waals surface area contributed by atoms with Crippen molar-refractivity contribution in [1.29, 1.82) is 0 Å². The molecule has 1 aromatic rings. The fourth-order valence-electron chi connectivity index (χ4n) is 3.66. The molecular weight excluding hydrogens is 318 g/mol.